The summed E-state index contributed by atoms with van der Waals surface area (Å²) < 4.78 is 0. The van der Waals surface area contributed by atoms with Crippen molar-refractivity contribution in [3.05, 3.63) is 33.9 Å². The van der Waals surface area contributed by atoms with Crippen LogP contribution in [0.5, 0.6) is 0 Å². The molecule has 0 spiro atoms. The number of nitro benzene ring substituents is 1. The molecule has 0 bridgehead atoms. The number of para-hydroxylation sites is 1. The van der Waals surface area contributed by atoms with Gasteiger partial charge in [-0.2, -0.15) is 0 Å². The molecule has 0 unspecified atom stereocenters. The number of aryl methyl sites for hydroxylation is 1. The Morgan fingerprint density at radius 2 is 2.05 bits per heavy atom. The summed E-state index contributed by atoms with van der Waals surface area (Å²) in [6.07, 6.45) is 5.50. The molecule has 1 saturated carbocycles. The minimum Gasteiger partial charge on any atom is -0.378 e. The van der Waals surface area contributed by atoms with Gasteiger partial charge in [0.2, 0.25) is 0 Å². The average molecular weight is 263 g/mol. The lowest BCUT2D eigenvalue weighted by molar-refractivity contribution is -0.384. The van der Waals surface area contributed by atoms with Gasteiger partial charge in [0.05, 0.1) is 4.92 Å². The van der Waals surface area contributed by atoms with Gasteiger partial charge in [-0.3, -0.25) is 10.1 Å². The molecule has 104 valence electrons. The SMILES string of the molecule is Cc1cccc(NCC2(N)CCCCC2)c1[N+](=O)[O-]. The van der Waals surface area contributed by atoms with Crippen molar-refractivity contribution in [2.45, 2.75) is 44.6 Å². The maximum absolute atomic E-state index is 11.1. The summed E-state index contributed by atoms with van der Waals surface area (Å²) in [4.78, 5) is 10.8. The van der Waals surface area contributed by atoms with Crippen molar-refractivity contribution in [3.8, 4) is 0 Å². The van der Waals surface area contributed by atoms with Crippen LogP contribution in [0.3, 0.4) is 0 Å². The number of nitrogens with zero attached hydrogens (tertiary/aromatic N) is 1. The monoisotopic (exact) mass is 263 g/mol. The summed E-state index contributed by atoms with van der Waals surface area (Å²) in [7, 11) is 0. The van der Waals surface area contributed by atoms with Crippen LogP contribution in [0, 0.1) is 17.0 Å². The lowest BCUT2D eigenvalue weighted by atomic mass is 9.82. The Kier molecular flexibility index (Phi) is 4.04. The molecule has 0 radical (unpaired) electrons. The number of hydrogen-bond acceptors (Lipinski definition) is 4. The van der Waals surface area contributed by atoms with Gasteiger partial charge in [0, 0.05) is 17.6 Å². The molecule has 1 fully saturated rings. The number of nitrogens with one attached hydrogen (secondary N) is 1. The normalized spacial score (nSPS) is 18.0. The highest BCUT2D eigenvalue weighted by atomic mass is 16.6. The van der Waals surface area contributed by atoms with E-state index in [1.54, 1.807) is 19.1 Å². The van der Waals surface area contributed by atoms with Crippen LogP contribution >= 0.6 is 0 Å². The molecular weight excluding hydrogens is 242 g/mol. The third kappa shape index (κ3) is 3.23. The largest absolute Gasteiger partial charge is 0.378 e. The molecule has 0 saturated heterocycles. The molecule has 3 N–H and O–H groups in total. The second-order valence-corrected chi connectivity index (χ2v) is 5.50. The van der Waals surface area contributed by atoms with E-state index in [-0.39, 0.29) is 16.1 Å². The third-order valence-electron chi connectivity index (χ3n) is 3.90. The van der Waals surface area contributed by atoms with Gasteiger partial charge < -0.3 is 11.1 Å². The van der Waals surface area contributed by atoms with Crippen LogP contribution < -0.4 is 11.1 Å². The highest BCUT2D eigenvalue weighted by molar-refractivity contribution is 5.65. The Labute approximate surface area is 113 Å². The smallest absolute Gasteiger partial charge is 0.295 e. The fourth-order valence-corrected chi connectivity index (χ4v) is 2.75. The van der Waals surface area contributed by atoms with Crippen molar-refractivity contribution in [1.29, 1.82) is 0 Å². The molecule has 0 heterocycles. The highest BCUT2D eigenvalue weighted by Crippen LogP contribution is 2.30. The summed E-state index contributed by atoms with van der Waals surface area (Å²) in [5.41, 5.74) is 7.51. The molecule has 5 heteroatoms. The van der Waals surface area contributed by atoms with E-state index in [4.69, 9.17) is 5.73 Å². The molecular formula is C14H21N3O2. The first-order chi connectivity index (χ1) is 9.02. The van der Waals surface area contributed by atoms with Crippen LogP contribution in [-0.2, 0) is 0 Å². The van der Waals surface area contributed by atoms with E-state index in [0.29, 0.717) is 17.8 Å². The molecule has 2 rings (SSSR count). The van der Waals surface area contributed by atoms with Gasteiger partial charge in [-0.25, -0.2) is 0 Å². The van der Waals surface area contributed by atoms with Crippen molar-refractivity contribution < 1.29 is 4.92 Å². The van der Waals surface area contributed by atoms with Gasteiger partial charge in [-0.1, -0.05) is 31.4 Å². The molecule has 0 amide bonds. The molecule has 19 heavy (non-hydrogen) atoms. The van der Waals surface area contributed by atoms with Crippen LogP contribution in [0.15, 0.2) is 18.2 Å². The summed E-state index contributed by atoms with van der Waals surface area (Å²) >= 11 is 0. The van der Waals surface area contributed by atoms with E-state index in [1.165, 1.54) is 6.42 Å². The van der Waals surface area contributed by atoms with Crippen molar-refractivity contribution in [1.82, 2.24) is 0 Å². The minimum absolute atomic E-state index is 0.155. The fraction of sp³-hybridized carbons (Fsp3) is 0.571. The quantitative estimate of drug-likeness (QED) is 0.646. The molecule has 1 aliphatic carbocycles. The third-order valence-corrected chi connectivity index (χ3v) is 3.90. The average Bonchev–Trinajstić information content (AvgIpc) is 2.37. The molecule has 1 aliphatic rings. The molecule has 0 atom stereocenters. The summed E-state index contributed by atoms with van der Waals surface area (Å²) in [5, 5.41) is 14.3. The molecule has 1 aromatic rings. The number of rotatable bonds is 4. The maximum atomic E-state index is 11.1. The molecule has 0 aliphatic heterocycles. The Morgan fingerprint density at radius 3 is 2.68 bits per heavy atom. The number of nitrogens with two attached hydrogens (primary N) is 1. The Morgan fingerprint density at radius 1 is 1.37 bits per heavy atom. The minimum atomic E-state index is -0.332. The molecule has 5 nitrogen and oxygen atoms in total. The Hall–Kier alpha value is -1.62. The molecule has 1 aromatic carbocycles. The van der Waals surface area contributed by atoms with Crippen molar-refractivity contribution in [2.24, 2.45) is 5.73 Å². The number of nitro groups is 1. The summed E-state index contributed by atoms with van der Waals surface area (Å²) in [5.74, 6) is 0. The second-order valence-electron chi connectivity index (χ2n) is 5.50. The predicted molar refractivity (Wildman–Crippen MR) is 76.3 cm³/mol. The number of anilines is 1. The number of benzene rings is 1. The lowest BCUT2D eigenvalue weighted by Gasteiger charge is -2.33. The van der Waals surface area contributed by atoms with Crippen LogP contribution in [0.25, 0.3) is 0 Å². The Bertz CT molecular complexity index is 468. The van der Waals surface area contributed by atoms with Crippen molar-refractivity contribution in [2.75, 3.05) is 11.9 Å². The Balaban J connectivity index is 2.11. The highest BCUT2D eigenvalue weighted by Gasteiger charge is 2.28. The van der Waals surface area contributed by atoms with Gasteiger partial charge >= 0.3 is 0 Å². The molecule has 0 aromatic heterocycles. The second kappa shape index (κ2) is 5.57. The van der Waals surface area contributed by atoms with E-state index in [9.17, 15) is 10.1 Å². The van der Waals surface area contributed by atoms with E-state index >= 15 is 0 Å². The van der Waals surface area contributed by atoms with Gasteiger partial charge in [0.15, 0.2) is 0 Å². The topological polar surface area (TPSA) is 81.2 Å². The first-order valence-electron chi connectivity index (χ1n) is 6.79. The van der Waals surface area contributed by atoms with Crippen LogP contribution in [0.1, 0.15) is 37.7 Å². The van der Waals surface area contributed by atoms with Crippen LogP contribution in [-0.4, -0.2) is 17.0 Å². The first-order valence-corrected chi connectivity index (χ1v) is 6.79. The zero-order valence-corrected chi connectivity index (χ0v) is 11.3. The summed E-state index contributed by atoms with van der Waals surface area (Å²) in [6, 6.07) is 5.33. The zero-order valence-electron chi connectivity index (χ0n) is 11.3. The lowest BCUT2D eigenvalue weighted by Crippen LogP contribution is -2.47. The first kappa shape index (κ1) is 13.8. The standard InChI is InChI=1S/C14H21N3O2/c1-11-6-5-7-12(13(11)17(18)19)16-10-14(15)8-3-2-4-9-14/h5-7,16H,2-4,8-10,15H2,1H3. The van der Waals surface area contributed by atoms with Crippen molar-refractivity contribution in [3.63, 3.8) is 0 Å². The number of hydrogen-bond donors (Lipinski definition) is 2. The van der Waals surface area contributed by atoms with E-state index in [0.717, 1.165) is 25.7 Å². The maximum Gasteiger partial charge on any atom is 0.295 e. The predicted octanol–water partition coefficient (Wildman–Crippen LogP) is 2.98. The fourth-order valence-electron chi connectivity index (χ4n) is 2.75. The van der Waals surface area contributed by atoms with Gasteiger partial charge in [0.1, 0.15) is 5.69 Å². The van der Waals surface area contributed by atoms with Crippen LogP contribution in [0.2, 0.25) is 0 Å². The zero-order chi connectivity index (χ0) is 13.9. The van der Waals surface area contributed by atoms with Gasteiger partial charge in [-0.05, 0) is 25.8 Å². The van der Waals surface area contributed by atoms with E-state index in [2.05, 4.69) is 5.32 Å². The van der Waals surface area contributed by atoms with E-state index < -0.39 is 0 Å². The summed E-state index contributed by atoms with van der Waals surface area (Å²) in [6.45, 7) is 2.35. The van der Waals surface area contributed by atoms with Gasteiger partial charge in [-0.15, -0.1) is 0 Å². The van der Waals surface area contributed by atoms with Crippen molar-refractivity contribution >= 4 is 11.4 Å². The van der Waals surface area contributed by atoms with Gasteiger partial charge in [0.25, 0.3) is 5.69 Å². The van der Waals surface area contributed by atoms with E-state index in [1.807, 2.05) is 6.07 Å². The van der Waals surface area contributed by atoms with Crippen LogP contribution in [0.4, 0.5) is 11.4 Å².